The molecular weight excluding hydrogens is 536 g/mol. The summed E-state index contributed by atoms with van der Waals surface area (Å²) >= 11 is 5.18. The minimum Gasteiger partial charge on any atom is -0.379 e. The van der Waals surface area contributed by atoms with Crippen LogP contribution in [-0.4, -0.2) is 75.9 Å². The Bertz CT molecular complexity index is 1350. The molecule has 0 spiro atoms. The van der Waals surface area contributed by atoms with Crippen LogP contribution in [0.15, 0.2) is 64.4 Å². The number of carbonyl (C=O) groups is 1. The van der Waals surface area contributed by atoms with Gasteiger partial charge in [0.05, 0.1) is 23.0 Å². The van der Waals surface area contributed by atoms with E-state index in [4.69, 9.17) is 17.0 Å². The zero-order valence-electron chi connectivity index (χ0n) is 20.6. The smallest absolute Gasteiger partial charge is 0.250 e. The molecule has 13 heteroatoms. The molecule has 0 radical (unpaired) electrons. The lowest BCUT2D eigenvalue weighted by Crippen LogP contribution is -2.40. The zero-order chi connectivity index (χ0) is 27.1. The summed E-state index contributed by atoms with van der Waals surface area (Å²) in [5.41, 5.74) is 1.05. The number of amides is 1. The summed E-state index contributed by atoms with van der Waals surface area (Å²) in [6.45, 7) is 5.60. The fraction of sp³-hybridized carbons (Fsp3) is 0.333. The van der Waals surface area contributed by atoms with Gasteiger partial charge in [-0.25, -0.2) is 16.8 Å². The van der Waals surface area contributed by atoms with E-state index >= 15 is 0 Å². The standard InChI is InChI=1S/C24H30N4O6S3/c1-3-27(4-2)37(32,33)22-7-5-6-20(18-22)25-24(35)26-23(29)13-10-19-8-11-21(12-9-19)36(30,31)28-14-16-34-17-15-28/h5-13,18H,3-4,14-17H2,1-2H3,(H2,25,26,29,35)/b13-10+. The summed E-state index contributed by atoms with van der Waals surface area (Å²) in [7, 11) is -7.23. The molecule has 0 aliphatic carbocycles. The van der Waals surface area contributed by atoms with Crippen molar-refractivity contribution in [2.45, 2.75) is 23.6 Å². The summed E-state index contributed by atoms with van der Waals surface area (Å²) in [6, 6.07) is 12.4. The Morgan fingerprint density at radius 2 is 1.68 bits per heavy atom. The molecule has 3 rings (SSSR count). The van der Waals surface area contributed by atoms with Gasteiger partial charge in [0.25, 0.3) is 0 Å². The molecule has 10 nitrogen and oxygen atoms in total. The molecule has 0 atom stereocenters. The maximum Gasteiger partial charge on any atom is 0.250 e. The predicted molar refractivity (Wildman–Crippen MR) is 146 cm³/mol. The molecule has 2 aromatic rings. The van der Waals surface area contributed by atoms with E-state index in [-0.39, 0.29) is 14.9 Å². The van der Waals surface area contributed by atoms with Crippen LogP contribution in [0.25, 0.3) is 6.08 Å². The summed E-state index contributed by atoms with van der Waals surface area (Å²) < 4.78 is 58.8. The molecule has 200 valence electrons. The van der Waals surface area contributed by atoms with Crippen LogP contribution in [-0.2, 0) is 29.6 Å². The highest BCUT2D eigenvalue weighted by Gasteiger charge is 2.26. The van der Waals surface area contributed by atoms with E-state index in [0.29, 0.717) is 50.6 Å². The van der Waals surface area contributed by atoms with Gasteiger partial charge in [0, 0.05) is 37.9 Å². The first-order valence-corrected chi connectivity index (χ1v) is 14.9. The van der Waals surface area contributed by atoms with Crippen molar-refractivity contribution in [3.63, 3.8) is 0 Å². The first-order chi connectivity index (χ1) is 17.6. The number of hydrogen-bond donors (Lipinski definition) is 2. The van der Waals surface area contributed by atoms with Gasteiger partial charge in [0.15, 0.2) is 5.11 Å². The van der Waals surface area contributed by atoms with Crippen molar-refractivity contribution in [1.29, 1.82) is 0 Å². The van der Waals surface area contributed by atoms with Crippen LogP contribution in [0.5, 0.6) is 0 Å². The van der Waals surface area contributed by atoms with Gasteiger partial charge in [-0.1, -0.05) is 32.0 Å². The minimum atomic E-state index is -3.64. The normalized spacial score (nSPS) is 15.1. The SMILES string of the molecule is CCN(CC)S(=O)(=O)c1cccc(NC(=S)NC(=O)/C=C/c2ccc(S(=O)(=O)N3CCOCC3)cc2)c1. The Kier molecular flexibility index (Phi) is 9.93. The second-order valence-electron chi connectivity index (χ2n) is 7.98. The number of benzene rings is 2. The maximum absolute atomic E-state index is 12.7. The predicted octanol–water partition coefficient (Wildman–Crippen LogP) is 2.26. The van der Waals surface area contributed by atoms with Crippen molar-refractivity contribution in [2.24, 2.45) is 0 Å². The van der Waals surface area contributed by atoms with Crippen molar-refractivity contribution >= 4 is 55.0 Å². The van der Waals surface area contributed by atoms with Crippen molar-refractivity contribution in [1.82, 2.24) is 13.9 Å². The van der Waals surface area contributed by atoms with E-state index in [2.05, 4.69) is 10.6 Å². The highest BCUT2D eigenvalue weighted by atomic mass is 32.2. The third kappa shape index (κ3) is 7.43. The number of ether oxygens (including phenoxy) is 1. The van der Waals surface area contributed by atoms with Gasteiger partial charge in [-0.3, -0.25) is 10.1 Å². The van der Waals surface area contributed by atoms with Gasteiger partial charge >= 0.3 is 0 Å². The van der Waals surface area contributed by atoms with Gasteiger partial charge in [-0.05, 0) is 54.2 Å². The van der Waals surface area contributed by atoms with E-state index in [0.717, 1.165) is 0 Å². The number of rotatable bonds is 9. The number of nitrogens with one attached hydrogen (secondary N) is 2. The molecular formula is C24H30N4O6S3. The number of hydrogen-bond acceptors (Lipinski definition) is 7. The Hall–Kier alpha value is -2.68. The van der Waals surface area contributed by atoms with Crippen LogP contribution in [0.1, 0.15) is 19.4 Å². The first kappa shape index (κ1) is 28.9. The Labute approximate surface area is 223 Å². The fourth-order valence-electron chi connectivity index (χ4n) is 3.62. The lowest BCUT2D eigenvalue weighted by atomic mass is 10.2. The maximum atomic E-state index is 12.7. The van der Waals surface area contributed by atoms with Gasteiger partial charge < -0.3 is 10.1 Å². The Morgan fingerprint density at radius 1 is 1.03 bits per heavy atom. The summed E-state index contributed by atoms with van der Waals surface area (Å²) in [4.78, 5) is 12.6. The average Bonchev–Trinajstić information content (AvgIpc) is 2.89. The Balaban J connectivity index is 1.59. The molecule has 0 saturated carbocycles. The van der Waals surface area contributed by atoms with E-state index in [1.54, 1.807) is 38.1 Å². The summed E-state index contributed by atoms with van der Waals surface area (Å²) in [5, 5.41) is 5.32. The van der Waals surface area contributed by atoms with Crippen LogP contribution in [0.4, 0.5) is 5.69 Å². The molecule has 37 heavy (non-hydrogen) atoms. The van der Waals surface area contributed by atoms with Gasteiger partial charge in [-0.2, -0.15) is 8.61 Å². The molecule has 1 saturated heterocycles. The number of thiocarbonyl (C=S) groups is 1. The second kappa shape index (κ2) is 12.7. The summed E-state index contributed by atoms with van der Waals surface area (Å²) in [6.07, 6.45) is 2.79. The molecule has 1 fully saturated rings. The number of carbonyl (C=O) groups excluding carboxylic acids is 1. The van der Waals surface area contributed by atoms with Crippen molar-refractivity contribution in [2.75, 3.05) is 44.7 Å². The van der Waals surface area contributed by atoms with Crippen molar-refractivity contribution < 1.29 is 26.4 Å². The van der Waals surface area contributed by atoms with Crippen LogP contribution >= 0.6 is 12.2 Å². The van der Waals surface area contributed by atoms with E-state index < -0.39 is 26.0 Å². The molecule has 2 aromatic carbocycles. The van der Waals surface area contributed by atoms with E-state index in [1.165, 1.54) is 45.0 Å². The number of nitrogens with zero attached hydrogens (tertiary/aromatic N) is 2. The number of anilines is 1. The molecule has 2 N–H and O–H groups in total. The monoisotopic (exact) mass is 566 g/mol. The zero-order valence-corrected chi connectivity index (χ0v) is 23.0. The quantitative estimate of drug-likeness (QED) is 0.350. The van der Waals surface area contributed by atoms with E-state index in [9.17, 15) is 21.6 Å². The Morgan fingerprint density at radius 3 is 2.30 bits per heavy atom. The van der Waals surface area contributed by atoms with Crippen molar-refractivity contribution in [3.8, 4) is 0 Å². The lowest BCUT2D eigenvalue weighted by Gasteiger charge is -2.26. The molecule has 0 aromatic heterocycles. The summed E-state index contributed by atoms with van der Waals surface area (Å²) in [5.74, 6) is -0.505. The highest BCUT2D eigenvalue weighted by molar-refractivity contribution is 7.89. The van der Waals surface area contributed by atoms with Crippen LogP contribution < -0.4 is 10.6 Å². The van der Waals surface area contributed by atoms with E-state index in [1.807, 2.05) is 0 Å². The minimum absolute atomic E-state index is 0.000936. The third-order valence-corrected chi connectivity index (χ3v) is 9.75. The molecule has 0 unspecified atom stereocenters. The van der Waals surface area contributed by atoms with Crippen LogP contribution in [0.2, 0.25) is 0 Å². The molecule has 0 bridgehead atoms. The van der Waals surface area contributed by atoms with Crippen molar-refractivity contribution in [3.05, 3.63) is 60.2 Å². The fourth-order valence-corrected chi connectivity index (χ4v) is 6.75. The molecule has 1 aliphatic rings. The average molecular weight is 567 g/mol. The third-order valence-electron chi connectivity index (χ3n) is 5.59. The first-order valence-electron chi connectivity index (χ1n) is 11.7. The van der Waals surface area contributed by atoms with Crippen LogP contribution in [0.3, 0.4) is 0 Å². The number of sulfonamides is 2. The van der Waals surface area contributed by atoms with Gasteiger partial charge in [-0.15, -0.1) is 0 Å². The van der Waals surface area contributed by atoms with Crippen LogP contribution in [0, 0.1) is 0 Å². The second-order valence-corrected chi connectivity index (χ2v) is 12.3. The molecule has 1 heterocycles. The highest BCUT2D eigenvalue weighted by Crippen LogP contribution is 2.20. The lowest BCUT2D eigenvalue weighted by molar-refractivity contribution is -0.115. The number of morpholine rings is 1. The largest absolute Gasteiger partial charge is 0.379 e. The molecule has 1 amide bonds. The molecule has 1 aliphatic heterocycles. The van der Waals surface area contributed by atoms with Gasteiger partial charge in [0.2, 0.25) is 26.0 Å². The van der Waals surface area contributed by atoms with Gasteiger partial charge in [0.1, 0.15) is 0 Å². The topological polar surface area (TPSA) is 125 Å².